The van der Waals surface area contributed by atoms with Crippen molar-refractivity contribution in [3.8, 4) is 11.3 Å². The molecule has 0 radical (unpaired) electrons. The second-order valence-corrected chi connectivity index (χ2v) is 3.91. The van der Waals surface area contributed by atoms with Crippen molar-refractivity contribution in [3.05, 3.63) is 46.1 Å². The zero-order valence-corrected chi connectivity index (χ0v) is 9.42. The van der Waals surface area contributed by atoms with Gasteiger partial charge < -0.3 is 9.52 Å². The van der Waals surface area contributed by atoms with Crippen LogP contribution < -0.4 is 0 Å². The van der Waals surface area contributed by atoms with Gasteiger partial charge in [0.05, 0.1) is 21.9 Å². The molecule has 0 bridgehead atoms. The van der Waals surface area contributed by atoms with E-state index < -0.39 is 5.97 Å². The van der Waals surface area contributed by atoms with Crippen molar-refractivity contribution < 1.29 is 14.3 Å². The molecule has 0 fully saturated rings. The predicted molar refractivity (Wildman–Crippen MR) is 61.1 cm³/mol. The number of furan rings is 1. The lowest BCUT2D eigenvalue weighted by Crippen LogP contribution is -1.98. The molecule has 16 heavy (non-hydrogen) atoms. The van der Waals surface area contributed by atoms with E-state index in [0.29, 0.717) is 16.3 Å². The number of hydrogen-bond donors (Lipinski definition) is 1. The summed E-state index contributed by atoms with van der Waals surface area (Å²) in [7, 11) is 0. The lowest BCUT2D eigenvalue weighted by Gasteiger charge is -2.04. The maximum absolute atomic E-state index is 10.9. The minimum Gasteiger partial charge on any atom is -0.478 e. The fourth-order valence-electron chi connectivity index (χ4n) is 1.33. The number of carbonyl (C=O) groups is 1. The van der Waals surface area contributed by atoms with E-state index in [2.05, 4.69) is 0 Å². The van der Waals surface area contributed by atoms with E-state index in [0.717, 1.165) is 0 Å². The molecule has 0 unspecified atom stereocenters. The van der Waals surface area contributed by atoms with E-state index in [4.69, 9.17) is 32.7 Å². The van der Waals surface area contributed by atoms with Crippen LogP contribution in [0.5, 0.6) is 0 Å². The summed E-state index contributed by atoms with van der Waals surface area (Å²) in [6, 6.07) is 6.18. The van der Waals surface area contributed by atoms with Gasteiger partial charge in [-0.05, 0) is 24.3 Å². The van der Waals surface area contributed by atoms with Crippen LogP contribution in [-0.2, 0) is 0 Å². The predicted octanol–water partition coefficient (Wildman–Crippen LogP) is 3.95. The number of halogens is 2. The summed E-state index contributed by atoms with van der Waals surface area (Å²) in [5.41, 5.74) is 0.505. The van der Waals surface area contributed by atoms with Crippen molar-refractivity contribution in [1.29, 1.82) is 0 Å². The van der Waals surface area contributed by atoms with Crippen LogP contribution in [0, 0.1) is 0 Å². The third-order valence-corrected chi connectivity index (χ3v) is 2.70. The lowest BCUT2D eigenvalue weighted by atomic mass is 10.1. The van der Waals surface area contributed by atoms with Gasteiger partial charge in [-0.1, -0.05) is 23.2 Å². The molecule has 0 aliphatic heterocycles. The van der Waals surface area contributed by atoms with Gasteiger partial charge in [-0.3, -0.25) is 0 Å². The summed E-state index contributed by atoms with van der Waals surface area (Å²) >= 11 is 11.7. The highest BCUT2D eigenvalue weighted by Gasteiger charge is 2.15. The van der Waals surface area contributed by atoms with Gasteiger partial charge in [-0.25, -0.2) is 4.79 Å². The Kier molecular flexibility index (Phi) is 2.90. The second kappa shape index (κ2) is 4.20. The standard InChI is InChI=1S/C11H6Cl2O3/c12-8-5-9(13)7(11(14)15)4-6(8)10-2-1-3-16-10/h1-5H,(H,14,15). The van der Waals surface area contributed by atoms with Crippen LogP contribution in [0.15, 0.2) is 34.9 Å². The number of hydrogen-bond acceptors (Lipinski definition) is 2. The molecule has 0 aliphatic carbocycles. The van der Waals surface area contributed by atoms with E-state index in [1.165, 1.54) is 18.4 Å². The Hall–Kier alpha value is -1.45. The first kappa shape index (κ1) is 11.0. The first-order valence-electron chi connectivity index (χ1n) is 4.36. The smallest absolute Gasteiger partial charge is 0.337 e. The van der Waals surface area contributed by atoms with Crippen LogP contribution in [0.1, 0.15) is 10.4 Å². The fourth-order valence-corrected chi connectivity index (χ4v) is 1.89. The van der Waals surface area contributed by atoms with Crippen LogP contribution in [0.3, 0.4) is 0 Å². The van der Waals surface area contributed by atoms with Crippen molar-refractivity contribution >= 4 is 29.2 Å². The molecule has 0 atom stereocenters. The minimum atomic E-state index is -1.10. The van der Waals surface area contributed by atoms with Crippen LogP contribution in [0.2, 0.25) is 10.0 Å². The molecular weight excluding hydrogens is 251 g/mol. The number of carboxylic acids is 1. The fraction of sp³-hybridized carbons (Fsp3) is 0. The Morgan fingerprint density at radius 2 is 2.00 bits per heavy atom. The largest absolute Gasteiger partial charge is 0.478 e. The van der Waals surface area contributed by atoms with Crippen LogP contribution in [-0.4, -0.2) is 11.1 Å². The van der Waals surface area contributed by atoms with Crippen LogP contribution >= 0.6 is 23.2 Å². The zero-order chi connectivity index (χ0) is 11.7. The van der Waals surface area contributed by atoms with E-state index in [1.807, 2.05) is 0 Å². The monoisotopic (exact) mass is 256 g/mol. The molecular formula is C11H6Cl2O3. The van der Waals surface area contributed by atoms with Crippen molar-refractivity contribution in [1.82, 2.24) is 0 Å². The van der Waals surface area contributed by atoms with E-state index in [9.17, 15) is 4.79 Å². The quantitative estimate of drug-likeness (QED) is 0.885. The van der Waals surface area contributed by atoms with Crippen molar-refractivity contribution in [2.45, 2.75) is 0 Å². The molecule has 0 saturated carbocycles. The summed E-state index contributed by atoms with van der Waals surface area (Å²) < 4.78 is 5.15. The summed E-state index contributed by atoms with van der Waals surface area (Å²) in [4.78, 5) is 10.9. The van der Waals surface area contributed by atoms with Gasteiger partial charge in [-0.2, -0.15) is 0 Å². The average Bonchev–Trinajstić information content (AvgIpc) is 2.70. The zero-order valence-electron chi connectivity index (χ0n) is 7.91. The first-order valence-corrected chi connectivity index (χ1v) is 5.11. The van der Waals surface area contributed by atoms with E-state index >= 15 is 0 Å². The Labute approximate surface area is 101 Å². The molecule has 0 amide bonds. The Balaban J connectivity index is 2.63. The highest BCUT2D eigenvalue weighted by molar-refractivity contribution is 6.38. The molecule has 3 nitrogen and oxygen atoms in total. The van der Waals surface area contributed by atoms with E-state index in [1.54, 1.807) is 12.1 Å². The normalized spacial score (nSPS) is 10.4. The Morgan fingerprint density at radius 3 is 2.56 bits per heavy atom. The molecule has 0 saturated heterocycles. The molecule has 82 valence electrons. The number of rotatable bonds is 2. The molecule has 1 N–H and O–H groups in total. The van der Waals surface area contributed by atoms with Crippen LogP contribution in [0.25, 0.3) is 11.3 Å². The lowest BCUT2D eigenvalue weighted by molar-refractivity contribution is 0.0697. The summed E-state index contributed by atoms with van der Waals surface area (Å²) in [5.74, 6) is -0.598. The third kappa shape index (κ3) is 1.92. The van der Waals surface area contributed by atoms with Gasteiger partial charge in [0.15, 0.2) is 0 Å². The summed E-state index contributed by atoms with van der Waals surface area (Å²) in [6.07, 6.45) is 1.49. The highest BCUT2D eigenvalue weighted by atomic mass is 35.5. The maximum atomic E-state index is 10.9. The highest BCUT2D eigenvalue weighted by Crippen LogP contribution is 2.33. The Morgan fingerprint density at radius 1 is 1.25 bits per heavy atom. The van der Waals surface area contributed by atoms with Gasteiger partial charge in [0.2, 0.25) is 0 Å². The SMILES string of the molecule is O=C(O)c1cc(-c2ccco2)c(Cl)cc1Cl. The average molecular weight is 257 g/mol. The summed E-state index contributed by atoms with van der Waals surface area (Å²) in [5, 5.41) is 9.38. The van der Waals surface area contributed by atoms with Crippen molar-refractivity contribution in [2.75, 3.05) is 0 Å². The summed E-state index contributed by atoms with van der Waals surface area (Å²) in [6.45, 7) is 0. The van der Waals surface area contributed by atoms with Crippen LogP contribution in [0.4, 0.5) is 0 Å². The molecule has 5 heteroatoms. The van der Waals surface area contributed by atoms with Crippen molar-refractivity contribution in [3.63, 3.8) is 0 Å². The van der Waals surface area contributed by atoms with Gasteiger partial charge in [-0.15, -0.1) is 0 Å². The van der Waals surface area contributed by atoms with Gasteiger partial charge in [0.1, 0.15) is 5.76 Å². The minimum absolute atomic E-state index is 0.00235. The van der Waals surface area contributed by atoms with Gasteiger partial charge in [0.25, 0.3) is 0 Å². The topological polar surface area (TPSA) is 50.4 Å². The number of aromatic carboxylic acids is 1. The third-order valence-electron chi connectivity index (χ3n) is 2.07. The number of carboxylic acid groups (broad SMARTS) is 1. The number of benzene rings is 1. The van der Waals surface area contributed by atoms with Gasteiger partial charge in [0, 0.05) is 5.56 Å². The molecule has 1 aromatic heterocycles. The molecule has 0 spiro atoms. The maximum Gasteiger partial charge on any atom is 0.337 e. The van der Waals surface area contributed by atoms with E-state index in [-0.39, 0.29) is 10.6 Å². The molecule has 0 aliphatic rings. The van der Waals surface area contributed by atoms with Crippen molar-refractivity contribution in [2.24, 2.45) is 0 Å². The second-order valence-electron chi connectivity index (χ2n) is 3.09. The molecule has 1 aromatic carbocycles. The molecule has 1 heterocycles. The molecule has 2 aromatic rings. The van der Waals surface area contributed by atoms with Gasteiger partial charge >= 0.3 is 5.97 Å². The molecule has 2 rings (SSSR count). The first-order chi connectivity index (χ1) is 7.59. The Bertz CT molecular complexity index is 532.